The minimum Gasteiger partial charge on any atom is -0.454 e. The Morgan fingerprint density at radius 2 is 1.68 bits per heavy atom. The van der Waals surface area contributed by atoms with Crippen molar-refractivity contribution in [2.45, 2.75) is 84.7 Å². The van der Waals surface area contributed by atoms with E-state index in [-0.39, 0.29) is 17.5 Å². The number of unbranched alkanes of at least 4 members (excludes halogenated alkanes) is 5. The zero-order valence-corrected chi connectivity index (χ0v) is 12.9. The Hall–Kier alpha value is -0.790. The molecule has 2 nitrogen and oxygen atoms in total. The average Bonchev–Trinajstić information content (AvgIpc) is 2.83. The molecule has 0 radical (unpaired) electrons. The summed E-state index contributed by atoms with van der Waals surface area (Å²) in [7, 11) is 0. The van der Waals surface area contributed by atoms with Crippen LogP contribution in [-0.2, 0) is 9.53 Å². The monoisotopic (exact) mass is 266 g/mol. The second-order valence-electron chi connectivity index (χ2n) is 6.14. The summed E-state index contributed by atoms with van der Waals surface area (Å²) in [6.07, 6.45) is 14.8. The molecule has 0 saturated heterocycles. The molecule has 1 rings (SSSR count). The maximum atomic E-state index is 11.3. The number of hydrogen-bond donors (Lipinski definition) is 0. The first-order valence-corrected chi connectivity index (χ1v) is 8.01. The van der Waals surface area contributed by atoms with Gasteiger partial charge in [0.2, 0.25) is 0 Å². The maximum Gasteiger partial charge on any atom is 0.331 e. The highest BCUT2D eigenvalue weighted by atomic mass is 16.5. The van der Waals surface area contributed by atoms with Crippen LogP contribution in [0.2, 0.25) is 0 Å². The normalized spacial score (nSPS) is 21.4. The molecular weight excluding hydrogens is 236 g/mol. The van der Waals surface area contributed by atoms with Crippen LogP contribution in [-0.4, -0.2) is 12.1 Å². The second kappa shape index (κ2) is 8.39. The van der Waals surface area contributed by atoms with Crippen LogP contribution in [0, 0.1) is 5.41 Å². The van der Waals surface area contributed by atoms with Crippen molar-refractivity contribution >= 4 is 5.97 Å². The first-order valence-electron chi connectivity index (χ1n) is 8.01. The van der Waals surface area contributed by atoms with Gasteiger partial charge in [-0.25, -0.2) is 4.79 Å². The van der Waals surface area contributed by atoms with Crippen LogP contribution in [0.25, 0.3) is 0 Å². The van der Waals surface area contributed by atoms with Crippen LogP contribution in [0.5, 0.6) is 0 Å². The average molecular weight is 266 g/mol. The number of carbonyl (C=O) groups excluding carboxylic acids is 1. The van der Waals surface area contributed by atoms with Gasteiger partial charge in [0.15, 0.2) is 0 Å². The van der Waals surface area contributed by atoms with Crippen LogP contribution >= 0.6 is 0 Å². The van der Waals surface area contributed by atoms with Gasteiger partial charge in [0.1, 0.15) is 6.10 Å². The highest BCUT2D eigenvalue weighted by Crippen LogP contribution is 2.38. The summed E-state index contributed by atoms with van der Waals surface area (Å²) in [4.78, 5) is 11.3. The SMILES string of the molecule is CCCCCCCC(C)(CCCC)C1C=CC(=O)O1. The van der Waals surface area contributed by atoms with Crippen LogP contribution in [0.15, 0.2) is 12.2 Å². The summed E-state index contributed by atoms with van der Waals surface area (Å²) in [5.74, 6) is -0.168. The molecule has 110 valence electrons. The summed E-state index contributed by atoms with van der Waals surface area (Å²) in [5, 5.41) is 0. The van der Waals surface area contributed by atoms with Gasteiger partial charge < -0.3 is 4.74 Å². The Bertz CT molecular complexity index is 296. The lowest BCUT2D eigenvalue weighted by Crippen LogP contribution is -2.32. The molecule has 0 amide bonds. The summed E-state index contributed by atoms with van der Waals surface area (Å²) in [6.45, 7) is 6.75. The lowest BCUT2D eigenvalue weighted by Gasteiger charge is -2.34. The van der Waals surface area contributed by atoms with E-state index >= 15 is 0 Å². The smallest absolute Gasteiger partial charge is 0.331 e. The first kappa shape index (κ1) is 16.3. The molecule has 0 spiro atoms. The topological polar surface area (TPSA) is 26.3 Å². The van der Waals surface area contributed by atoms with Gasteiger partial charge in [-0.1, -0.05) is 65.7 Å². The summed E-state index contributed by atoms with van der Waals surface area (Å²) in [5.41, 5.74) is 0.130. The minimum atomic E-state index is -0.168. The molecule has 0 aliphatic carbocycles. The molecule has 2 unspecified atom stereocenters. The Labute approximate surface area is 118 Å². The molecule has 19 heavy (non-hydrogen) atoms. The largest absolute Gasteiger partial charge is 0.454 e. The van der Waals surface area contributed by atoms with Crippen LogP contribution in [0.1, 0.15) is 78.6 Å². The van der Waals surface area contributed by atoms with Crippen molar-refractivity contribution in [3.63, 3.8) is 0 Å². The summed E-state index contributed by atoms with van der Waals surface area (Å²) in [6, 6.07) is 0. The van der Waals surface area contributed by atoms with E-state index in [0.717, 1.165) is 6.42 Å². The molecule has 2 atom stereocenters. The molecule has 0 aromatic rings. The zero-order valence-electron chi connectivity index (χ0n) is 12.9. The van der Waals surface area contributed by atoms with E-state index in [1.807, 2.05) is 6.08 Å². The van der Waals surface area contributed by atoms with Crippen LogP contribution in [0.4, 0.5) is 0 Å². The number of rotatable bonds is 10. The predicted molar refractivity (Wildman–Crippen MR) is 80.0 cm³/mol. The molecule has 0 bridgehead atoms. The van der Waals surface area contributed by atoms with Crippen LogP contribution in [0.3, 0.4) is 0 Å². The lowest BCUT2D eigenvalue weighted by molar-refractivity contribution is -0.143. The lowest BCUT2D eigenvalue weighted by atomic mass is 9.75. The van der Waals surface area contributed by atoms with E-state index in [1.165, 1.54) is 51.4 Å². The predicted octanol–water partition coefficient (Wildman–Crippen LogP) is 5.03. The van der Waals surface area contributed by atoms with Gasteiger partial charge in [-0.2, -0.15) is 0 Å². The fourth-order valence-corrected chi connectivity index (χ4v) is 2.87. The molecule has 0 N–H and O–H groups in total. The van der Waals surface area contributed by atoms with E-state index in [4.69, 9.17) is 4.74 Å². The number of ether oxygens (including phenoxy) is 1. The molecular formula is C17H30O2. The Balaban J connectivity index is 2.45. The zero-order chi connectivity index (χ0) is 14.1. The van der Waals surface area contributed by atoms with Crippen molar-refractivity contribution in [1.82, 2.24) is 0 Å². The second-order valence-corrected chi connectivity index (χ2v) is 6.14. The molecule has 0 aromatic carbocycles. The Morgan fingerprint density at radius 3 is 2.26 bits per heavy atom. The van der Waals surface area contributed by atoms with Gasteiger partial charge in [-0.15, -0.1) is 0 Å². The molecule has 1 aliphatic heterocycles. The van der Waals surface area contributed by atoms with E-state index in [0.29, 0.717) is 0 Å². The van der Waals surface area contributed by atoms with Gasteiger partial charge in [0, 0.05) is 11.5 Å². The standard InChI is InChI=1S/C17H30O2/c1-4-6-8-9-10-14-17(3,13-7-5-2)15-11-12-16(18)19-15/h11-12,15H,4-10,13-14H2,1-3H3. The minimum absolute atomic E-state index is 0.00211. The van der Waals surface area contributed by atoms with Gasteiger partial charge in [0.05, 0.1) is 0 Å². The highest BCUT2D eigenvalue weighted by Gasteiger charge is 2.36. The number of carbonyl (C=O) groups is 1. The van der Waals surface area contributed by atoms with E-state index in [9.17, 15) is 4.79 Å². The van der Waals surface area contributed by atoms with Crippen molar-refractivity contribution in [3.8, 4) is 0 Å². The van der Waals surface area contributed by atoms with Crippen molar-refractivity contribution in [2.24, 2.45) is 5.41 Å². The van der Waals surface area contributed by atoms with Crippen molar-refractivity contribution in [1.29, 1.82) is 0 Å². The quantitative estimate of drug-likeness (QED) is 0.410. The molecule has 0 fully saturated rings. The van der Waals surface area contributed by atoms with Gasteiger partial charge in [0.25, 0.3) is 0 Å². The van der Waals surface area contributed by atoms with E-state index in [1.54, 1.807) is 6.08 Å². The third kappa shape index (κ3) is 5.38. The number of cyclic esters (lactones) is 1. The Kier molecular flexibility index (Phi) is 7.19. The van der Waals surface area contributed by atoms with Crippen molar-refractivity contribution in [3.05, 3.63) is 12.2 Å². The fourth-order valence-electron chi connectivity index (χ4n) is 2.87. The van der Waals surface area contributed by atoms with Crippen LogP contribution < -0.4 is 0 Å². The molecule has 1 heterocycles. The molecule has 0 saturated carbocycles. The van der Waals surface area contributed by atoms with E-state index in [2.05, 4.69) is 20.8 Å². The van der Waals surface area contributed by atoms with E-state index < -0.39 is 0 Å². The third-order valence-electron chi connectivity index (χ3n) is 4.29. The number of esters is 1. The van der Waals surface area contributed by atoms with Gasteiger partial charge in [-0.3, -0.25) is 0 Å². The van der Waals surface area contributed by atoms with Gasteiger partial charge in [-0.05, 0) is 18.9 Å². The first-order chi connectivity index (χ1) is 9.12. The maximum absolute atomic E-state index is 11.3. The summed E-state index contributed by atoms with van der Waals surface area (Å²) >= 11 is 0. The van der Waals surface area contributed by atoms with Crippen molar-refractivity contribution in [2.75, 3.05) is 0 Å². The summed E-state index contributed by atoms with van der Waals surface area (Å²) < 4.78 is 5.45. The number of hydrogen-bond acceptors (Lipinski definition) is 2. The molecule has 2 heteroatoms. The fraction of sp³-hybridized carbons (Fsp3) is 0.824. The van der Waals surface area contributed by atoms with Gasteiger partial charge >= 0.3 is 5.97 Å². The highest BCUT2D eigenvalue weighted by molar-refractivity contribution is 5.84. The molecule has 0 aromatic heterocycles. The van der Waals surface area contributed by atoms with Crippen molar-refractivity contribution < 1.29 is 9.53 Å². The Morgan fingerprint density at radius 1 is 1.05 bits per heavy atom. The molecule has 1 aliphatic rings. The third-order valence-corrected chi connectivity index (χ3v) is 4.29.